The molecular formula is C17H21N3O6S. The molecule has 1 aromatic rings. The number of hydrogen-bond acceptors (Lipinski definition) is 5. The van der Waals surface area contributed by atoms with Crippen LogP contribution in [0, 0.1) is 5.92 Å². The Morgan fingerprint density at radius 1 is 1.33 bits per heavy atom. The van der Waals surface area contributed by atoms with Crippen molar-refractivity contribution in [2.75, 3.05) is 18.0 Å². The highest BCUT2D eigenvalue weighted by atomic mass is 32.2. The fourth-order valence-corrected chi connectivity index (χ4v) is 4.26. The first-order valence-corrected chi connectivity index (χ1v) is 10.1. The second-order valence-corrected chi connectivity index (χ2v) is 8.68. The summed E-state index contributed by atoms with van der Waals surface area (Å²) in [5.74, 6) is -2.42. The Balaban J connectivity index is 1.82. The number of likely N-dealkylation sites (tertiary alicyclic amines) is 1. The first-order chi connectivity index (χ1) is 12.5. The van der Waals surface area contributed by atoms with E-state index in [2.05, 4.69) is 0 Å². The van der Waals surface area contributed by atoms with E-state index in [1.807, 2.05) is 0 Å². The average molecular weight is 395 g/mol. The number of carbonyl (C=O) groups is 3. The van der Waals surface area contributed by atoms with Crippen molar-refractivity contribution in [1.82, 2.24) is 4.90 Å². The fourth-order valence-electron chi connectivity index (χ4n) is 3.71. The zero-order valence-electron chi connectivity index (χ0n) is 14.8. The quantitative estimate of drug-likeness (QED) is 0.744. The molecule has 0 aromatic heterocycles. The molecule has 0 bridgehead atoms. The van der Waals surface area contributed by atoms with E-state index in [-0.39, 0.29) is 29.7 Å². The van der Waals surface area contributed by atoms with Gasteiger partial charge in [0.05, 0.1) is 10.8 Å². The molecule has 27 heavy (non-hydrogen) atoms. The zero-order valence-corrected chi connectivity index (χ0v) is 15.6. The lowest BCUT2D eigenvalue weighted by Gasteiger charge is -2.33. The number of aliphatic carboxylic acids is 1. The summed E-state index contributed by atoms with van der Waals surface area (Å²) in [7, 11) is -3.92. The number of amides is 2. The summed E-state index contributed by atoms with van der Waals surface area (Å²) in [5, 5.41) is 14.6. The molecule has 2 fully saturated rings. The number of carboxylic acid groups (broad SMARTS) is 1. The van der Waals surface area contributed by atoms with E-state index >= 15 is 0 Å². The third-order valence-electron chi connectivity index (χ3n) is 5.30. The monoisotopic (exact) mass is 395 g/mol. The lowest BCUT2D eigenvalue weighted by molar-refractivity contribution is -0.156. The van der Waals surface area contributed by atoms with Crippen LogP contribution in [0.2, 0.25) is 0 Å². The Hall–Kier alpha value is -2.46. The van der Waals surface area contributed by atoms with Crippen molar-refractivity contribution in [2.45, 2.75) is 36.6 Å². The van der Waals surface area contributed by atoms with Gasteiger partial charge >= 0.3 is 5.97 Å². The summed E-state index contributed by atoms with van der Waals surface area (Å²) in [6.07, 6.45) is 0.912. The number of anilines is 1. The molecule has 2 atom stereocenters. The van der Waals surface area contributed by atoms with Crippen molar-refractivity contribution in [3.05, 3.63) is 24.3 Å². The molecular weight excluding hydrogens is 374 g/mol. The molecule has 0 spiro atoms. The Bertz CT molecular complexity index is 915. The van der Waals surface area contributed by atoms with E-state index in [0.29, 0.717) is 25.1 Å². The van der Waals surface area contributed by atoms with Crippen molar-refractivity contribution in [3.8, 4) is 0 Å². The number of carboxylic acids is 1. The highest BCUT2D eigenvalue weighted by Crippen LogP contribution is 2.34. The molecule has 1 aromatic carbocycles. The van der Waals surface area contributed by atoms with Crippen molar-refractivity contribution in [2.24, 2.45) is 11.1 Å². The van der Waals surface area contributed by atoms with Gasteiger partial charge in [0.2, 0.25) is 21.8 Å². The Kier molecular flexibility index (Phi) is 4.73. The molecule has 3 rings (SSSR count). The van der Waals surface area contributed by atoms with Gasteiger partial charge in [0.1, 0.15) is 5.54 Å². The minimum atomic E-state index is -3.92. The van der Waals surface area contributed by atoms with Crippen LogP contribution in [0.3, 0.4) is 0 Å². The minimum absolute atomic E-state index is 0.0510. The summed E-state index contributed by atoms with van der Waals surface area (Å²) in [6.45, 7) is 1.93. The lowest BCUT2D eigenvalue weighted by atomic mass is 9.97. The van der Waals surface area contributed by atoms with E-state index in [0.717, 1.165) is 0 Å². The predicted octanol–water partition coefficient (Wildman–Crippen LogP) is 0.153. The second kappa shape index (κ2) is 6.61. The maximum absolute atomic E-state index is 12.9. The van der Waals surface area contributed by atoms with Gasteiger partial charge in [-0.3, -0.25) is 9.59 Å². The topological polar surface area (TPSA) is 138 Å². The SMILES string of the molecule is CC1(C(=O)O)CCCN1C(=O)C1CC(=O)N(c2cccc(S(N)(=O)=O)c2)C1. The van der Waals surface area contributed by atoms with Crippen molar-refractivity contribution in [1.29, 1.82) is 0 Å². The van der Waals surface area contributed by atoms with Crippen molar-refractivity contribution < 1.29 is 27.9 Å². The standard InChI is InChI=1S/C17H21N3O6S/c1-17(16(23)24)6-3-7-20(17)15(22)11-8-14(21)19(10-11)12-4-2-5-13(9-12)27(18,25)26/h2,4-5,9,11H,3,6-8,10H2,1H3,(H,23,24)(H2,18,25,26). The molecule has 10 heteroatoms. The Morgan fingerprint density at radius 3 is 2.67 bits per heavy atom. The third-order valence-corrected chi connectivity index (χ3v) is 6.21. The van der Waals surface area contributed by atoms with Crippen LogP contribution in [0.4, 0.5) is 5.69 Å². The molecule has 0 radical (unpaired) electrons. The van der Waals surface area contributed by atoms with Crippen LogP contribution >= 0.6 is 0 Å². The van der Waals surface area contributed by atoms with Crippen molar-refractivity contribution in [3.63, 3.8) is 0 Å². The fraction of sp³-hybridized carbons (Fsp3) is 0.471. The number of benzene rings is 1. The zero-order chi connectivity index (χ0) is 20.0. The van der Waals surface area contributed by atoms with Gasteiger partial charge < -0.3 is 14.9 Å². The first-order valence-electron chi connectivity index (χ1n) is 8.52. The number of primary sulfonamides is 1. The molecule has 2 heterocycles. The first kappa shape index (κ1) is 19.3. The van der Waals surface area contributed by atoms with E-state index in [9.17, 15) is 27.9 Å². The van der Waals surface area contributed by atoms with Crippen LogP contribution in [0.5, 0.6) is 0 Å². The maximum Gasteiger partial charge on any atom is 0.329 e. The molecule has 0 aliphatic carbocycles. The van der Waals surface area contributed by atoms with E-state index in [4.69, 9.17) is 5.14 Å². The van der Waals surface area contributed by atoms with Crippen LogP contribution in [0.15, 0.2) is 29.2 Å². The Morgan fingerprint density at radius 2 is 2.04 bits per heavy atom. The molecule has 2 saturated heterocycles. The molecule has 2 aliphatic heterocycles. The molecule has 2 aliphatic rings. The van der Waals surface area contributed by atoms with Gasteiger partial charge in [-0.15, -0.1) is 0 Å². The van der Waals surface area contributed by atoms with Gasteiger partial charge in [-0.2, -0.15) is 0 Å². The summed E-state index contributed by atoms with van der Waals surface area (Å²) >= 11 is 0. The largest absolute Gasteiger partial charge is 0.480 e. The third kappa shape index (κ3) is 3.42. The van der Waals surface area contributed by atoms with Crippen LogP contribution in [0.1, 0.15) is 26.2 Å². The minimum Gasteiger partial charge on any atom is -0.480 e. The molecule has 2 amide bonds. The van der Waals surface area contributed by atoms with Crippen LogP contribution in [-0.4, -0.2) is 54.8 Å². The molecule has 146 valence electrons. The van der Waals surface area contributed by atoms with Crippen LogP contribution < -0.4 is 10.0 Å². The number of rotatable bonds is 4. The summed E-state index contributed by atoms with van der Waals surface area (Å²) < 4.78 is 23.0. The molecule has 9 nitrogen and oxygen atoms in total. The van der Waals surface area contributed by atoms with E-state index < -0.39 is 27.4 Å². The number of hydrogen-bond donors (Lipinski definition) is 2. The van der Waals surface area contributed by atoms with Gasteiger partial charge in [-0.05, 0) is 38.0 Å². The van der Waals surface area contributed by atoms with Gasteiger partial charge in [0, 0.05) is 25.2 Å². The molecule has 3 N–H and O–H groups in total. The number of nitrogens with zero attached hydrogens (tertiary/aromatic N) is 2. The van der Waals surface area contributed by atoms with Gasteiger partial charge in [0.25, 0.3) is 0 Å². The summed E-state index contributed by atoms with van der Waals surface area (Å²) in [5.41, 5.74) is -0.926. The lowest BCUT2D eigenvalue weighted by Crippen LogP contribution is -2.52. The van der Waals surface area contributed by atoms with Gasteiger partial charge in [-0.25, -0.2) is 18.4 Å². The Labute approximate surface area is 156 Å². The van der Waals surface area contributed by atoms with Gasteiger partial charge in [0.15, 0.2) is 0 Å². The average Bonchev–Trinajstić information content (AvgIpc) is 3.18. The normalized spacial score (nSPS) is 25.9. The maximum atomic E-state index is 12.9. The summed E-state index contributed by atoms with van der Waals surface area (Å²) in [6, 6.07) is 5.65. The van der Waals surface area contributed by atoms with E-state index in [1.54, 1.807) is 6.07 Å². The van der Waals surface area contributed by atoms with Crippen LogP contribution in [-0.2, 0) is 24.4 Å². The highest BCUT2D eigenvalue weighted by molar-refractivity contribution is 7.89. The number of nitrogens with two attached hydrogens (primary N) is 1. The highest BCUT2D eigenvalue weighted by Gasteiger charge is 2.49. The number of carbonyl (C=O) groups excluding carboxylic acids is 2. The molecule has 2 unspecified atom stereocenters. The summed E-state index contributed by atoms with van der Waals surface area (Å²) in [4.78, 5) is 39.5. The van der Waals surface area contributed by atoms with Crippen molar-refractivity contribution >= 4 is 33.5 Å². The van der Waals surface area contributed by atoms with E-state index in [1.165, 1.54) is 34.9 Å². The second-order valence-electron chi connectivity index (χ2n) is 7.12. The predicted molar refractivity (Wildman–Crippen MR) is 95.3 cm³/mol. The smallest absolute Gasteiger partial charge is 0.329 e. The van der Waals surface area contributed by atoms with Crippen LogP contribution in [0.25, 0.3) is 0 Å². The molecule has 0 saturated carbocycles. The number of sulfonamides is 1. The van der Waals surface area contributed by atoms with Gasteiger partial charge in [-0.1, -0.05) is 6.07 Å².